The molecule has 1 N–H and O–H groups in total. The Bertz CT molecular complexity index is 947. The Labute approximate surface area is 173 Å². The number of benzene rings is 2. The standard InChI is InChI=1S/C19H17F3N2O7/c1-29-14-6-7-15(16(8-14)24(27)28)23-17(25)10-31-18(26)13-4-2-12(3-5-13)9-30-11-19(20,21)22/h2-8H,9-11H2,1H3,(H,23,25). The van der Waals surface area contributed by atoms with E-state index in [2.05, 4.69) is 10.1 Å². The molecule has 0 fully saturated rings. The van der Waals surface area contributed by atoms with Crippen LogP contribution in [0.2, 0.25) is 0 Å². The number of nitro benzene ring substituents is 1. The number of nitrogens with zero attached hydrogens (tertiary/aromatic N) is 1. The SMILES string of the molecule is COc1ccc(NC(=O)COC(=O)c2ccc(COCC(F)(F)F)cc2)c([N+](=O)[O-])c1. The summed E-state index contributed by atoms with van der Waals surface area (Å²) in [5, 5.41) is 13.4. The summed E-state index contributed by atoms with van der Waals surface area (Å²) in [5.74, 6) is -1.44. The number of nitro groups is 1. The van der Waals surface area contributed by atoms with Gasteiger partial charge >= 0.3 is 12.1 Å². The molecule has 9 nitrogen and oxygen atoms in total. The quantitative estimate of drug-likeness (QED) is 0.359. The summed E-state index contributed by atoms with van der Waals surface area (Å²) in [6.45, 7) is -2.39. The van der Waals surface area contributed by atoms with E-state index in [9.17, 15) is 32.9 Å². The van der Waals surface area contributed by atoms with E-state index >= 15 is 0 Å². The minimum Gasteiger partial charge on any atom is -0.496 e. The van der Waals surface area contributed by atoms with Gasteiger partial charge in [-0.3, -0.25) is 14.9 Å². The van der Waals surface area contributed by atoms with Gasteiger partial charge in [0.2, 0.25) is 0 Å². The average molecular weight is 442 g/mol. The zero-order valence-corrected chi connectivity index (χ0v) is 16.1. The number of ether oxygens (including phenoxy) is 3. The molecule has 0 bridgehead atoms. The van der Waals surface area contributed by atoms with Crippen LogP contribution in [0.5, 0.6) is 5.75 Å². The zero-order valence-electron chi connectivity index (χ0n) is 16.1. The third kappa shape index (κ3) is 7.59. The number of rotatable bonds is 9. The number of methoxy groups -OCH3 is 1. The van der Waals surface area contributed by atoms with Crippen molar-refractivity contribution < 1.29 is 41.9 Å². The number of carbonyl (C=O) groups is 2. The van der Waals surface area contributed by atoms with Crippen LogP contribution < -0.4 is 10.1 Å². The Kier molecular flexibility index (Phi) is 7.91. The van der Waals surface area contributed by atoms with Crippen molar-refractivity contribution in [3.63, 3.8) is 0 Å². The molecule has 0 unspecified atom stereocenters. The van der Waals surface area contributed by atoms with Crippen molar-refractivity contribution in [2.24, 2.45) is 0 Å². The predicted molar refractivity (Wildman–Crippen MR) is 101 cm³/mol. The van der Waals surface area contributed by atoms with Crippen LogP contribution in [0.3, 0.4) is 0 Å². The second-order valence-electron chi connectivity index (χ2n) is 6.07. The highest BCUT2D eigenvalue weighted by Crippen LogP contribution is 2.28. The van der Waals surface area contributed by atoms with Crippen LogP contribution in [-0.2, 0) is 20.9 Å². The van der Waals surface area contributed by atoms with Crippen molar-refractivity contribution in [2.75, 3.05) is 25.6 Å². The molecule has 0 atom stereocenters. The van der Waals surface area contributed by atoms with Gasteiger partial charge in [-0.05, 0) is 29.8 Å². The first-order valence-electron chi connectivity index (χ1n) is 8.62. The molecule has 0 radical (unpaired) electrons. The summed E-state index contributed by atoms with van der Waals surface area (Å²) < 4.78 is 50.4. The lowest BCUT2D eigenvalue weighted by Gasteiger charge is -2.09. The lowest BCUT2D eigenvalue weighted by atomic mass is 10.1. The Balaban J connectivity index is 1.88. The van der Waals surface area contributed by atoms with E-state index in [1.165, 1.54) is 43.5 Å². The molecule has 0 aliphatic heterocycles. The molecule has 2 rings (SSSR count). The van der Waals surface area contributed by atoms with Gasteiger partial charge in [-0.15, -0.1) is 0 Å². The highest BCUT2D eigenvalue weighted by molar-refractivity contribution is 5.96. The number of nitrogens with one attached hydrogen (secondary N) is 1. The van der Waals surface area contributed by atoms with Crippen molar-refractivity contribution in [3.05, 3.63) is 63.7 Å². The maximum atomic E-state index is 12.1. The minimum absolute atomic E-state index is 0.0581. The summed E-state index contributed by atoms with van der Waals surface area (Å²) in [6.07, 6.45) is -4.43. The van der Waals surface area contributed by atoms with Gasteiger partial charge in [-0.2, -0.15) is 13.2 Å². The first-order valence-corrected chi connectivity index (χ1v) is 8.62. The highest BCUT2D eigenvalue weighted by Gasteiger charge is 2.27. The summed E-state index contributed by atoms with van der Waals surface area (Å²) in [5.41, 5.74) is -0.0365. The Hall–Kier alpha value is -3.67. The number of hydrogen-bond acceptors (Lipinski definition) is 7. The molecule has 2 aromatic carbocycles. The molecular weight excluding hydrogens is 425 g/mol. The number of hydrogen-bond donors (Lipinski definition) is 1. The lowest BCUT2D eigenvalue weighted by Crippen LogP contribution is -2.21. The van der Waals surface area contributed by atoms with Crippen molar-refractivity contribution in [1.29, 1.82) is 0 Å². The Morgan fingerprint density at radius 3 is 2.39 bits per heavy atom. The molecule has 0 saturated carbocycles. The van der Waals surface area contributed by atoms with Crippen LogP contribution in [0.1, 0.15) is 15.9 Å². The zero-order chi connectivity index (χ0) is 23.0. The van der Waals surface area contributed by atoms with E-state index in [0.29, 0.717) is 5.56 Å². The summed E-state index contributed by atoms with van der Waals surface area (Å²) in [7, 11) is 1.33. The monoisotopic (exact) mass is 442 g/mol. The van der Waals surface area contributed by atoms with Gasteiger partial charge < -0.3 is 19.5 Å². The number of amides is 1. The lowest BCUT2D eigenvalue weighted by molar-refractivity contribution is -0.384. The van der Waals surface area contributed by atoms with Gasteiger partial charge in [-0.25, -0.2) is 4.79 Å². The first kappa shape index (κ1) is 23.6. The van der Waals surface area contributed by atoms with Gasteiger partial charge in [-0.1, -0.05) is 12.1 Å². The number of halogens is 3. The van der Waals surface area contributed by atoms with Gasteiger partial charge in [0.15, 0.2) is 6.61 Å². The molecule has 166 valence electrons. The average Bonchev–Trinajstić information content (AvgIpc) is 2.71. The molecule has 0 spiro atoms. The van der Waals surface area contributed by atoms with E-state index in [1.807, 2.05) is 0 Å². The number of alkyl halides is 3. The largest absolute Gasteiger partial charge is 0.496 e. The fraction of sp³-hybridized carbons (Fsp3) is 0.263. The second-order valence-corrected chi connectivity index (χ2v) is 6.07. The van der Waals surface area contributed by atoms with Crippen LogP contribution in [0.4, 0.5) is 24.5 Å². The fourth-order valence-corrected chi connectivity index (χ4v) is 2.32. The maximum absolute atomic E-state index is 12.1. The maximum Gasteiger partial charge on any atom is 0.411 e. The predicted octanol–water partition coefficient (Wildman–Crippen LogP) is 3.48. The first-order chi connectivity index (χ1) is 14.6. The number of esters is 1. The van der Waals surface area contributed by atoms with Gasteiger partial charge in [0, 0.05) is 0 Å². The normalized spacial score (nSPS) is 11.0. The highest BCUT2D eigenvalue weighted by atomic mass is 19.4. The molecule has 1 amide bonds. The molecule has 0 aromatic heterocycles. The summed E-state index contributed by atoms with van der Waals surface area (Å²) in [4.78, 5) is 34.4. The molecule has 31 heavy (non-hydrogen) atoms. The fourth-order valence-electron chi connectivity index (χ4n) is 2.32. The molecule has 0 aliphatic rings. The van der Waals surface area contributed by atoms with Crippen LogP contribution in [0, 0.1) is 10.1 Å². The second kappa shape index (κ2) is 10.4. The molecule has 2 aromatic rings. The topological polar surface area (TPSA) is 117 Å². The van der Waals surface area contributed by atoms with E-state index in [1.54, 1.807) is 0 Å². The van der Waals surface area contributed by atoms with Gasteiger partial charge in [0.05, 0.1) is 30.3 Å². The van der Waals surface area contributed by atoms with E-state index in [4.69, 9.17) is 9.47 Å². The third-order valence-electron chi connectivity index (χ3n) is 3.73. The van der Waals surface area contributed by atoms with Crippen molar-refractivity contribution in [1.82, 2.24) is 0 Å². The molecule has 0 aliphatic carbocycles. The number of carbonyl (C=O) groups excluding carboxylic acids is 2. The third-order valence-corrected chi connectivity index (χ3v) is 3.73. The van der Waals surface area contributed by atoms with Gasteiger partial charge in [0.25, 0.3) is 11.6 Å². The van der Waals surface area contributed by atoms with Crippen LogP contribution >= 0.6 is 0 Å². The van der Waals surface area contributed by atoms with Crippen LogP contribution in [0.25, 0.3) is 0 Å². The van der Waals surface area contributed by atoms with E-state index in [-0.39, 0.29) is 23.6 Å². The molecule has 0 saturated heterocycles. The van der Waals surface area contributed by atoms with Crippen LogP contribution in [0.15, 0.2) is 42.5 Å². The molecular formula is C19H17F3N2O7. The summed E-state index contributed by atoms with van der Waals surface area (Å²) >= 11 is 0. The smallest absolute Gasteiger partial charge is 0.411 e. The molecule has 0 heterocycles. The van der Waals surface area contributed by atoms with Crippen LogP contribution in [-0.4, -0.2) is 43.3 Å². The van der Waals surface area contributed by atoms with Crippen molar-refractivity contribution in [2.45, 2.75) is 12.8 Å². The minimum atomic E-state index is -4.43. The van der Waals surface area contributed by atoms with E-state index in [0.717, 1.165) is 6.07 Å². The number of anilines is 1. The van der Waals surface area contributed by atoms with E-state index < -0.39 is 41.9 Å². The van der Waals surface area contributed by atoms with Gasteiger partial charge in [0.1, 0.15) is 18.0 Å². The molecule has 12 heteroatoms. The Morgan fingerprint density at radius 1 is 1.13 bits per heavy atom. The Morgan fingerprint density at radius 2 is 1.81 bits per heavy atom. The summed E-state index contributed by atoms with van der Waals surface area (Å²) in [6, 6.07) is 9.19. The van der Waals surface area contributed by atoms with Crippen molar-refractivity contribution >= 4 is 23.3 Å². The van der Waals surface area contributed by atoms with Crippen molar-refractivity contribution in [3.8, 4) is 5.75 Å².